The summed E-state index contributed by atoms with van der Waals surface area (Å²) < 4.78 is 10.3. The van der Waals surface area contributed by atoms with Gasteiger partial charge in [0.15, 0.2) is 0 Å². The number of benzene rings is 1. The lowest BCUT2D eigenvalue weighted by molar-refractivity contribution is 0.382. The van der Waals surface area contributed by atoms with Crippen molar-refractivity contribution >= 4 is 0 Å². The van der Waals surface area contributed by atoms with Crippen LogP contribution in [0, 0.1) is 0 Å². The van der Waals surface area contributed by atoms with Crippen molar-refractivity contribution in [2.75, 3.05) is 14.2 Å². The zero-order chi connectivity index (χ0) is 7.84. The van der Waals surface area contributed by atoms with Crippen LogP contribution in [-0.2, 0) is 6.42 Å². The molecule has 0 fully saturated rings. The van der Waals surface area contributed by atoms with Crippen molar-refractivity contribution in [3.8, 4) is 11.5 Å². The zero-order valence-corrected chi connectivity index (χ0v) is 7.39. The molecule has 0 saturated carbocycles. The van der Waals surface area contributed by atoms with E-state index in [2.05, 4.69) is 6.07 Å². The first-order valence-corrected chi connectivity index (χ1v) is 3.59. The average molecular weight is 167 g/mol. The standard InChI is InChI=1S/C9H10O2.H3N/c1-10-8-5-9(11-2)7-3-6(8)4-7;/h3,5H,4H2,1-2H3;1H3. The first-order chi connectivity index (χ1) is 5.35. The Morgan fingerprint density at radius 2 is 1.42 bits per heavy atom. The molecule has 2 aliphatic carbocycles. The van der Waals surface area contributed by atoms with Gasteiger partial charge in [-0.2, -0.15) is 0 Å². The zero-order valence-electron chi connectivity index (χ0n) is 7.39. The molecule has 12 heavy (non-hydrogen) atoms. The van der Waals surface area contributed by atoms with Gasteiger partial charge in [-0.3, -0.25) is 0 Å². The van der Waals surface area contributed by atoms with Gasteiger partial charge in [-0.25, -0.2) is 0 Å². The van der Waals surface area contributed by atoms with Gasteiger partial charge in [-0.15, -0.1) is 0 Å². The Morgan fingerprint density at radius 3 is 1.75 bits per heavy atom. The highest BCUT2D eigenvalue weighted by molar-refractivity contribution is 5.56. The molecule has 0 heterocycles. The highest BCUT2D eigenvalue weighted by Crippen LogP contribution is 2.38. The summed E-state index contributed by atoms with van der Waals surface area (Å²) in [5, 5.41) is 0. The SMILES string of the molecule is COc1cc(OC)c2cc1C2.N. The maximum atomic E-state index is 5.15. The van der Waals surface area contributed by atoms with Crippen LogP contribution >= 0.6 is 0 Å². The van der Waals surface area contributed by atoms with Crippen LogP contribution in [0.4, 0.5) is 0 Å². The largest absolute Gasteiger partial charge is 0.496 e. The van der Waals surface area contributed by atoms with Crippen LogP contribution in [0.1, 0.15) is 11.1 Å². The summed E-state index contributed by atoms with van der Waals surface area (Å²) in [7, 11) is 3.37. The molecule has 0 aromatic heterocycles. The molecule has 0 radical (unpaired) electrons. The summed E-state index contributed by atoms with van der Waals surface area (Å²) in [6, 6.07) is 4.05. The maximum Gasteiger partial charge on any atom is 0.126 e. The van der Waals surface area contributed by atoms with E-state index in [4.69, 9.17) is 9.47 Å². The molecule has 3 nitrogen and oxygen atoms in total. The molecule has 1 aromatic rings. The number of hydrogen-bond donors (Lipinski definition) is 1. The molecular formula is C9H13NO2. The monoisotopic (exact) mass is 167 g/mol. The number of ether oxygens (including phenoxy) is 2. The molecule has 0 spiro atoms. The van der Waals surface area contributed by atoms with Crippen molar-refractivity contribution in [3.05, 3.63) is 23.3 Å². The van der Waals surface area contributed by atoms with Gasteiger partial charge in [0.1, 0.15) is 11.5 Å². The topological polar surface area (TPSA) is 53.5 Å². The van der Waals surface area contributed by atoms with Crippen LogP contribution in [0.5, 0.6) is 11.5 Å². The van der Waals surface area contributed by atoms with Gasteiger partial charge in [0.25, 0.3) is 0 Å². The molecule has 0 atom stereocenters. The number of rotatable bonds is 2. The van der Waals surface area contributed by atoms with Crippen LogP contribution in [0.15, 0.2) is 12.1 Å². The van der Waals surface area contributed by atoms with E-state index in [1.807, 2.05) is 6.07 Å². The molecule has 66 valence electrons. The third-order valence-electron chi connectivity index (χ3n) is 2.06. The second-order valence-corrected chi connectivity index (χ2v) is 2.65. The van der Waals surface area contributed by atoms with E-state index in [1.165, 1.54) is 11.1 Å². The Hall–Kier alpha value is -1.22. The predicted octanol–water partition coefficient (Wildman–Crippen LogP) is 1.77. The van der Waals surface area contributed by atoms with Crippen LogP contribution in [0.2, 0.25) is 0 Å². The smallest absolute Gasteiger partial charge is 0.126 e. The van der Waals surface area contributed by atoms with Crippen molar-refractivity contribution in [1.29, 1.82) is 0 Å². The van der Waals surface area contributed by atoms with Crippen LogP contribution in [-0.4, -0.2) is 14.2 Å². The molecule has 0 saturated heterocycles. The van der Waals surface area contributed by atoms with E-state index < -0.39 is 0 Å². The first-order valence-electron chi connectivity index (χ1n) is 3.59. The third-order valence-corrected chi connectivity index (χ3v) is 2.06. The highest BCUT2D eigenvalue weighted by Gasteiger charge is 2.19. The molecule has 3 N–H and O–H groups in total. The van der Waals surface area contributed by atoms with Gasteiger partial charge >= 0.3 is 0 Å². The van der Waals surface area contributed by atoms with Crippen molar-refractivity contribution in [2.45, 2.75) is 6.42 Å². The second-order valence-electron chi connectivity index (χ2n) is 2.65. The van der Waals surface area contributed by atoms with Crippen molar-refractivity contribution in [1.82, 2.24) is 6.15 Å². The fourth-order valence-electron chi connectivity index (χ4n) is 1.39. The van der Waals surface area contributed by atoms with Crippen LogP contribution in [0.25, 0.3) is 0 Å². The second kappa shape index (κ2) is 3.03. The summed E-state index contributed by atoms with van der Waals surface area (Å²) in [5.74, 6) is 1.88. The summed E-state index contributed by atoms with van der Waals surface area (Å²) in [5.41, 5.74) is 2.56. The van der Waals surface area contributed by atoms with Crippen molar-refractivity contribution < 1.29 is 9.47 Å². The summed E-state index contributed by atoms with van der Waals surface area (Å²) >= 11 is 0. The average Bonchev–Trinajstić information content (AvgIpc) is 2.01. The first kappa shape index (κ1) is 8.87. The summed E-state index contributed by atoms with van der Waals surface area (Å²) in [6.45, 7) is 0. The number of hydrogen-bond acceptors (Lipinski definition) is 3. The summed E-state index contributed by atoms with van der Waals surface area (Å²) in [4.78, 5) is 0. The van der Waals surface area contributed by atoms with E-state index in [1.54, 1.807) is 14.2 Å². The molecule has 1 aromatic carbocycles. The van der Waals surface area contributed by atoms with Crippen LogP contribution < -0.4 is 15.6 Å². The number of methoxy groups -OCH3 is 2. The van der Waals surface area contributed by atoms with E-state index in [0.29, 0.717) is 0 Å². The minimum Gasteiger partial charge on any atom is -0.496 e. The normalized spacial score (nSPS) is 11.2. The maximum absolute atomic E-state index is 5.15. The van der Waals surface area contributed by atoms with Gasteiger partial charge in [-0.05, 0) is 17.2 Å². The molecule has 2 bridgehead atoms. The van der Waals surface area contributed by atoms with Gasteiger partial charge < -0.3 is 15.6 Å². The Kier molecular flexibility index (Phi) is 2.24. The van der Waals surface area contributed by atoms with Gasteiger partial charge in [0.2, 0.25) is 0 Å². The van der Waals surface area contributed by atoms with Crippen molar-refractivity contribution in [3.63, 3.8) is 0 Å². The van der Waals surface area contributed by atoms with Crippen LogP contribution in [0.3, 0.4) is 0 Å². The third kappa shape index (κ3) is 1.02. The lowest BCUT2D eigenvalue weighted by Gasteiger charge is -2.21. The van der Waals surface area contributed by atoms with Crippen molar-refractivity contribution in [2.24, 2.45) is 0 Å². The fourth-order valence-corrected chi connectivity index (χ4v) is 1.39. The Bertz CT molecular complexity index is 272. The van der Waals surface area contributed by atoms with E-state index >= 15 is 0 Å². The lowest BCUT2D eigenvalue weighted by atomic mass is 9.91. The minimum absolute atomic E-state index is 0. The molecule has 2 aliphatic rings. The predicted molar refractivity (Wildman–Crippen MR) is 47.4 cm³/mol. The van der Waals surface area contributed by atoms with E-state index in [0.717, 1.165) is 17.9 Å². The molecule has 0 amide bonds. The summed E-state index contributed by atoms with van der Waals surface area (Å²) in [6.07, 6.45) is 1.00. The Labute approximate surface area is 71.9 Å². The molecule has 0 aliphatic heterocycles. The van der Waals surface area contributed by atoms with Gasteiger partial charge in [0.05, 0.1) is 14.2 Å². The molecule has 0 unspecified atom stereocenters. The highest BCUT2D eigenvalue weighted by atomic mass is 16.5. The van der Waals surface area contributed by atoms with E-state index in [9.17, 15) is 0 Å². The Morgan fingerprint density at radius 1 is 1.00 bits per heavy atom. The fraction of sp³-hybridized carbons (Fsp3) is 0.333. The minimum atomic E-state index is 0. The quantitative estimate of drug-likeness (QED) is 0.741. The Balaban J connectivity index is 0.000000720. The lowest BCUT2D eigenvalue weighted by Crippen LogP contribution is -2.06. The van der Waals surface area contributed by atoms with Gasteiger partial charge in [-0.1, -0.05) is 0 Å². The van der Waals surface area contributed by atoms with Gasteiger partial charge in [0, 0.05) is 12.5 Å². The molecule has 3 rings (SSSR count). The van der Waals surface area contributed by atoms with E-state index in [-0.39, 0.29) is 6.15 Å². The number of fused-ring (bicyclic) bond motifs is 2. The molecular weight excluding hydrogens is 154 g/mol. The molecule has 3 heteroatoms.